The summed E-state index contributed by atoms with van der Waals surface area (Å²) in [4.78, 5) is 38.8. The average Bonchev–Trinajstić information content (AvgIpc) is 2.70. The van der Waals surface area contributed by atoms with Crippen LogP contribution in [0.15, 0.2) is 37.1 Å². The molecule has 29 heavy (non-hydrogen) atoms. The number of carbonyl (C=O) groups excluding carboxylic acids is 3. The van der Waals surface area contributed by atoms with Gasteiger partial charge in [-0.05, 0) is 37.3 Å². The van der Waals surface area contributed by atoms with Crippen molar-refractivity contribution in [2.24, 2.45) is 11.8 Å². The summed E-state index contributed by atoms with van der Waals surface area (Å²) in [6.45, 7) is 11.9. The molecule has 0 saturated carbocycles. The minimum atomic E-state index is -0.698. The van der Waals surface area contributed by atoms with Gasteiger partial charge in [0.2, 0.25) is 11.8 Å². The van der Waals surface area contributed by atoms with E-state index in [2.05, 4.69) is 29.1 Å². The van der Waals surface area contributed by atoms with Crippen LogP contribution in [0, 0.1) is 23.2 Å². The largest absolute Gasteiger partial charge is 0.341 e. The van der Waals surface area contributed by atoms with Crippen LogP contribution in [-0.4, -0.2) is 48.4 Å². The van der Waals surface area contributed by atoms with Crippen LogP contribution in [0.4, 0.5) is 4.79 Å². The first kappa shape index (κ1) is 24.0. The number of piperidine rings is 1. The lowest BCUT2D eigenvalue weighted by Crippen LogP contribution is -2.53. The zero-order valence-electron chi connectivity index (χ0n) is 17.2. The van der Waals surface area contributed by atoms with E-state index >= 15 is 0 Å². The number of hydrogen-bond donors (Lipinski definition) is 3. The molecular weight excluding hydrogens is 370 g/mol. The first-order chi connectivity index (χ1) is 13.8. The molecule has 0 aromatic heterocycles. The van der Waals surface area contributed by atoms with Crippen LogP contribution in [0.3, 0.4) is 0 Å². The molecule has 1 aliphatic rings. The molecular formula is C21H31N5O3. The van der Waals surface area contributed by atoms with Crippen molar-refractivity contribution in [3.8, 4) is 6.07 Å². The molecule has 8 nitrogen and oxygen atoms in total. The van der Waals surface area contributed by atoms with Crippen LogP contribution in [0.25, 0.3) is 0 Å². The Balaban J connectivity index is 2.60. The van der Waals surface area contributed by atoms with Gasteiger partial charge in [-0.25, -0.2) is 4.79 Å². The maximum Gasteiger partial charge on any atom is 0.318 e. The van der Waals surface area contributed by atoms with Gasteiger partial charge in [-0.3, -0.25) is 9.59 Å². The van der Waals surface area contributed by atoms with Crippen LogP contribution < -0.4 is 16.0 Å². The van der Waals surface area contributed by atoms with E-state index in [0.717, 1.165) is 0 Å². The van der Waals surface area contributed by atoms with Gasteiger partial charge in [0.05, 0.1) is 6.07 Å². The monoisotopic (exact) mass is 401 g/mol. The van der Waals surface area contributed by atoms with E-state index in [4.69, 9.17) is 5.26 Å². The molecule has 1 fully saturated rings. The van der Waals surface area contributed by atoms with Crippen LogP contribution in [0.1, 0.15) is 33.1 Å². The molecule has 0 aliphatic carbocycles. The third-order valence-corrected chi connectivity index (χ3v) is 4.60. The van der Waals surface area contributed by atoms with Crippen molar-refractivity contribution in [3.63, 3.8) is 0 Å². The van der Waals surface area contributed by atoms with Crippen LogP contribution in [0.5, 0.6) is 0 Å². The Kier molecular flexibility index (Phi) is 10.2. The second kappa shape index (κ2) is 12.4. The Labute approximate surface area is 172 Å². The standard InChI is InChI=1S/C21H31N5O3/c1-5-7-17(6-2)24-19(27)16-8-12-26(13-9-16)21(29)25-18(14-15(3)4)20(28)23-11-10-22/h5-7,15-16,18H,1-2,8-9,11-14H2,3-4H3,(H,23,28)(H,24,27)(H,25,29)/b17-7+. The number of nitrogens with one attached hydrogen (secondary N) is 3. The maximum absolute atomic E-state index is 12.6. The van der Waals surface area contributed by atoms with E-state index < -0.39 is 6.04 Å². The first-order valence-corrected chi connectivity index (χ1v) is 9.78. The van der Waals surface area contributed by atoms with Crippen molar-refractivity contribution >= 4 is 17.8 Å². The fourth-order valence-corrected chi connectivity index (χ4v) is 3.07. The van der Waals surface area contributed by atoms with Gasteiger partial charge in [0.1, 0.15) is 12.6 Å². The highest BCUT2D eigenvalue weighted by Crippen LogP contribution is 2.18. The molecule has 0 aromatic rings. The summed E-state index contributed by atoms with van der Waals surface area (Å²) in [5.74, 6) is -0.469. The van der Waals surface area contributed by atoms with Crippen molar-refractivity contribution in [2.75, 3.05) is 19.6 Å². The van der Waals surface area contributed by atoms with Crippen LogP contribution in [-0.2, 0) is 9.59 Å². The molecule has 1 saturated heterocycles. The predicted molar refractivity (Wildman–Crippen MR) is 111 cm³/mol. The van der Waals surface area contributed by atoms with Crippen LogP contribution >= 0.6 is 0 Å². The van der Waals surface area contributed by atoms with Gasteiger partial charge in [-0.1, -0.05) is 33.1 Å². The summed E-state index contributed by atoms with van der Waals surface area (Å²) in [5.41, 5.74) is 0.588. The highest BCUT2D eigenvalue weighted by atomic mass is 16.2. The van der Waals surface area contributed by atoms with Gasteiger partial charge < -0.3 is 20.9 Å². The van der Waals surface area contributed by atoms with Crippen molar-refractivity contribution in [1.29, 1.82) is 5.26 Å². The van der Waals surface area contributed by atoms with Crippen molar-refractivity contribution in [2.45, 2.75) is 39.2 Å². The third-order valence-electron chi connectivity index (χ3n) is 4.60. The topological polar surface area (TPSA) is 114 Å². The summed E-state index contributed by atoms with van der Waals surface area (Å²) in [5, 5.41) is 16.7. The Morgan fingerprint density at radius 2 is 1.90 bits per heavy atom. The molecule has 0 spiro atoms. The average molecular weight is 402 g/mol. The Morgan fingerprint density at radius 3 is 2.41 bits per heavy atom. The van der Waals surface area contributed by atoms with Crippen molar-refractivity contribution in [1.82, 2.24) is 20.9 Å². The number of allylic oxidation sites excluding steroid dienone is 3. The normalized spacial score (nSPS) is 15.8. The smallest absolute Gasteiger partial charge is 0.318 e. The lowest BCUT2D eigenvalue weighted by Gasteiger charge is -2.32. The molecule has 3 N–H and O–H groups in total. The fraction of sp³-hybridized carbons (Fsp3) is 0.524. The number of likely N-dealkylation sites (tertiary alicyclic amines) is 1. The molecule has 1 aliphatic heterocycles. The fourth-order valence-electron chi connectivity index (χ4n) is 3.07. The molecule has 1 rings (SSSR count). The van der Waals surface area contributed by atoms with Crippen molar-refractivity contribution < 1.29 is 14.4 Å². The summed E-state index contributed by atoms with van der Waals surface area (Å²) in [7, 11) is 0. The number of rotatable bonds is 9. The summed E-state index contributed by atoms with van der Waals surface area (Å²) >= 11 is 0. The summed E-state index contributed by atoms with van der Waals surface area (Å²) in [6.07, 6.45) is 6.33. The number of nitrogens with zero attached hydrogens (tertiary/aromatic N) is 2. The third kappa shape index (κ3) is 8.21. The molecule has 4 amide bonds. The van der Waals surface area contributed by atoms with Gasteiger partial charge in [-0.2, -0.15) is 5.26 Å². The zero-order valence-corrected chi connectivity index (χ0v) is 17.2. The Hall–Kier alpha value is -3.08. The van der Waals surface area contributed by atoms with Crippen molar-refractivity contribution in [3.05, 3.63) is 37.1 Å². The maximum atomic E-state index is 12.6. The minimum absolute atomic E-state index is 0.100. The molecule has 158 valence electrons. The van der Waals surface area contributed by atoms with Gasteiger partial charge in [0.15, 0.2) is 0 Å². The summed E-state index contributed by atoms with van der Waals surface area (Å²) < 4.78 is 0. The SMILES string of the molecule is C=C/C=C(\C=C)NC(=O)C1CCN(C(=O)NC(CC(C)C)C(=O)NCC#N)CC1. The zero-order chi connectivity index (χ0) is 21.8. The number of urea groups is 1. The van der Waals surface area contributed by atoms with Gasteiger partial charge in [-0.15, -0.1) is 0 Å². The molecule has 8 heteroatoms. The molecule has 0 bridgehead atoms. The number of carbonyl (C=O) groups is 3. The quantitative estimate of drug-likeness (QED) is 0.404. The minimum Gasteiger partial charge on any atom is -0.341 e. The van der Waals surface area contributed by atoms with E-state index in [1.54, 1.807) is 23.1 Å². The van der Waals surface area contributed by atoms with E-state index in [9.17, 15) is 14.4 Å². The molecule has 0 aromatic carbocycles. The van der Waals surface area contributed by atoms with E-state index in [-0.39, 0.29) is 36.2 Å². The highest BCUT2D eigenvalue weighted by Gasteiger charge is 2.30. The molecule has 1 atom stereocenters. The molecule has 0 radical (unpaired) electrons. The first-order valence-electron chi connectivity index (χ1n) is 9.78. The second-order valence-corrected chi connectivity index (χ2v) is 7.32. The Bertz CT molecular complexity index is 685. The number of nitriles is 1. The predicted octanol–water partition coefficient (Wildman–Crippen LogP) is 1.83. The Morgan fingerprint density at radius 1 is 1.24 bits per heavy atom. The van der Waals surface area contributed by atoms with Gasteiger partial charge in [0, 0.05) is 24.7 Å². The highest BCUT2D eigenvalue weighted by molar-refractivity contribution is 5.87. The number of amides is 4. The molecule has 1 unspecified atom stereocenters. The van der Waals surface area contributed by atoms with E-state index in [1.807, 2.05) is 19.9 Å². The van der Waals surface area contributed by atoms with Gasteiger partial charge in [0.25, 0.3) is 0 Å². The van der Waals surface area contributed by atoms with Gasteiger partial charge >= 0.3 is 6.03 Å². The van der Waals surface area contributed by atoms with E-state index in [1.165, 1.54) is 0 Å². The summed E-state index contributed by atoms with van der Waals surface area (Å²) in [6, 6.07) is 0.824. The number of hydrogen-bond acceptors (Lipinski definition) is 4. The lowest BCUT2D eigenvalue weighted by molar-refractivity contribution is -0.125. The lowest BCUT2D eigenvalue weighted by atomic mass is 9.96. The molecule has 1 heterocycles. The second-order valence-electron chi connectivity index (χ2n) is 7.32. The van der Waals surface area contributed by atoms with Crippen LogP contribution in [0.2, 0.25) is 0 Å². The van der Waals surface area contributed by atoms with E-state index in [0.29, 0.717) is 38.0 Å².